The summed E-state index contributed by atoms with van der Waals surface area (Å²) in [6.07, 6.45) is 0. The SMILES string of the molecule is c1ccc(-c2ccc(N(c3cccc(-c4ccc5c(c4)C4(c6ccccc6-5)c5ccccc5-n5c6ccccc6c6cccc4c65)c3)c3ccc4c(c3)C(c3ccccc3)(c3ccccc3)c3ccccc3-4)cc2)cc1. The van der Waals surface area contributed by atoms with Crippen LogP contribution in [0.4, 0.5) is 17.1 Å². The van der Waals surface area contributed by atoms with E-state index in [0.29, 0.717) is 0 Å². The molecule has 1 aromatic heterocycles. The van der Waals surface area contributed by atoms with Gasteiger partial charge in [-0.3, -0.25) is 0 Å². The smallest absolute Gasteiger partial charge is 0.0754 e. The molecule has 0 radical (unpaired) electrons. The van der Waals surface area contributed by atoms with Gasteiger partial charge in [0.1, 0.15) is 0 Å². The molecule has 13 aromatic rings. The number of hydrogen-bond donors (Lipinski definition) is 0. The Morgan fingerprint density at radius 1 is 0.263 bits per heavy atom. The van der Waals surface area contributed by atoms with E-state index < -0.39 is 10.8 Å². The van der Waals surface area contributed by atoms with Gasteiger partial charge >= 0.3 is 0 Å². The van der Waals surface area contributed by atoms with Gasteiger partial charge in [-0.25, -0.2) is 0 Å². The number of hydrogen-bond acceptors (Lipinski definition) is 1. The van der Waals surface area contributed by atoms with Crippen molar-refractivity contribution in [1.82, 2.24) is 4.57 Å². The molecule has 1 unspecified atom stereocenters. The van der Waals surface area contributed by atoms with E-state index in [4.69, 9.17) is 0 Å². The zero-order chi connectivity index (χ0) is 50.0. The van der Waals surface area contributed by atoms with Gasteiger partial charge in [-0.1, -0.05) is 237 Å². The number of anilines is 3. The highest BCUT2D eigenvalue weighted by Crippen LogP contribution is 2.62. The number of nitrogens with zero attached hydrogens (tertiary/aromatic N) is 2. The number of rotatable bonds is 7. The third-order valence-corrected chi connectivity index (χ3v) is 17.1. The Morgan fingerprint density at radius 3 is 1.47 bits per heavy atom. The van der Waals surface area contributed by atoms with Gasteiger partial charge in [-0.15, -0.1) is 0 Å². The van der Waals surface area contributed by atoms with Crippen molar-refractivity contribution in [3.63, 3.8) is 0 Å². The van der Waals surface area contributed by atoms with Gasteiger partial charge in [0.25, 0.3) is 0 Å². The first-order chi connectivity index (χ1) is 37.7. The monoisotopic (exact) mass is 964 g/mol. The molecule has 0 fully saturated rings. The van der Waals surface area contributed by atoms with Gasteiger partial charge in [0.05, 0.1) is 27.6 Å². The Labute approximate surface area is 442 Å². The highest BCUT2D eigenvalue weighted by molar-refractivity contribution is 6.13. The van der Waals surface area contributed by atoms with Gasteiger partial charge in [-0.2, -0.15) is 0 Å². The number of para-hydroxylation sites is 3. The lowest BCUT2D eigenvalue weighted by atomic mass is 9.65. The Hall–Kier alpha value is -9.76. The average Bonchev–Trinajstić information content (AvgIpc) is 4.28. The topological polar surface area (TPSA) is 8.17 Å². The standard InChI is InChI=1S/C74H48N2/c1-4-20-49(21-5-1)50-38-41-55(42-39-50)75(57-43-45-61-58-28-10-13-32-64(58)73(69(61)48-57,53-23-6-2-7-24-53)54-25-8-3-9-26-54)56-27-18-22-51(46-56)52-40-44-60-59-29-11-14-33-65(59)74(68(60)47-52)66-34-15-17-37-71(66)76-70-36-16-12-30-62(70)63-31-19-35-67(74)72(63)76/h1-48H. The van der Waals surface area contributed by atoms with Gasteiger partial charge in [0.15, 0.2) is 0 Å². The van der Waals surface area contributed by atoms with Crippen LogP contribution >= 0.6 is 0 Å². The molecule has 1 aliphatic heterocycles. The average molecular weight is 965 g/mol. The van der Waals surface area contributed by atoms with Gasteiger partial charge in [0.2, 0.25) is 0 Å². The maximum absolute atomic E-state index is 2.52. The highest BCUT2D eigenvalue weighted by Gasteiger charge is 2.51. The van der Waals surface area contributed by atoms with Gasteiger partial charge in [0, 0.05) is 27.8 Å². The summed E-state index contributed by atoms with van der Waals surface area (Å²) >= 11 is 0. The molecule has 2 heteroatoms. The van der Waals surface area contributed by atoms with Crippen molar-refractivity contribution < 1.29 is 0 Å². The Kier molecular flexibility index (Phi) is 9.20. The number of fused-ring (bicyclic) bond motifs is 15. The predicted octanol–water partition coefficient (Wildman–Crippen LogP) is 18.6. The van der Waals surface area contributed by atoms with E-state index in [1.807, 2.05) is 0 Å². The fourth-order valence-electron chi connectivity index (χ4n) is 14.0. The molecule has 0 amide bonds. The number of aromatic nitrogens is 1. The summed E-state index contributed by atoms with van der Waals surface area (Å²) in [6, 6.07) is 109. The summed E-state index contributed by atoms with van der Waals surface area (Å²) in [5, 5.41) is 2.56. The summed E-state index contributed by atoms with van der Waals surface area (Å²) in [7, 11) is 0. The first-order valence-corrected chi connectivity index (χ1v) is 26.5. The van der Waals surface area contributed by atoms with Crippen LogP contribution in [0, 0.1) is 0 Å². The summed E-state index contributed by atoms with van der Waals surface area (Å²) < 4.78 is 2.52. The quantitative estimate of drug-likeness (QED) is 0.155. The second-order valence-corrected chi connectivity index (χ2v) is 20.7. The second kappa shape index (κ2) is 16.4. The van der Waals surface area contributed by atoms with Crippen LogP contribution in [0.25, 0.3) is 72.0 Å². The molecule has 2 nitrogen and oxygen atoms in total. The minimum Gasteiger partial charge on any atom is -0.310 e. The van der Waals surface area contributed by atoms with E-state index in [2.05, 4.69) is 301 Å². The third kappa shape index (κ3) is 5.81. The summed E-state index contributed by atoms with van der Waals surface area (Å²) in [5.41, 5.74) is 26.1. The van der Waals surface area contributed by atoms with Crippen molar-refractivity contribution in [3.05, 3.63) is 336 Å². The number of benzene rings is 12. The molecular weight excluding hydrogens is 917 g/mol. The van der Waals surface area contributed by atoms with Crippen LogP contribution in [0.2, 0.25) is 0 Å². The van der Waals surface area contributed by atoms with Crippen LogP contribution in [-0.4, -0.2) is 4.57 Å². The van der Waals surface area contributed by atoms with Crippen molar-refractivity contribution in [2.24, 2.45) is 0 Å². The van der Waals surface area contributed by atoms with Crippen molar-refractivity contribution in [2.75, 3.05) is 4.90 Å². The first kappa shape index (κ1) is 42.7. The molecule has 354 valence electrons. The van der Waals surface area contributed by atoms with Gasteiger partial charge in [-0.05, 0) is 144 Å². The minimum atomic E-state index is -0.543. The van der Waals surface area contributed by atoms with E-state index in [1.54, 1.807) is 0 Å². The molecule has 16 rings (SSSR count). The maximum Gasteiger partial charge on any atom is 0.0754 e. The largest absolute Gasteiger partial charge is 0.310 e. The lowest BCUT2D eigenvalue weighted by Gasteiger charge is -2.39. The Morgan fingerprint density at radius 2 is 0.737 bits per heavy atom. The van der Waals surface area contributed by atoms with E-state index in [-0.39, 0.29) is 0 Å². The van der Waals surface area contributed by atoms with Crippen LogP contribution in [0.15, 0.2) is 291 Å². The molecule has 76 heavy (non-hydrogen) atoms. The molecular formula is C74H48N2. The lowest BCUT2D eigenvalue weighted by molar-refractivity contribution is 0.749. The molecule has 0 bridgehead atoms. The summed E-state index contributed by atoms with van der Waals surface area (Å²) in [5.74, 6) is 0. The molecule has 3 aliphatic rings. The fourth-order valence-corrected chi connectivity index (χ4v) is 14.0. The Bertz CT molecular complexity index is 4410. The highest BCUT2D eigenvalue weighted by atomic mass is 15.1. The van der Waals surface area contributed by atoms with Crippen LogP contribution < -0.4 is 4.90 Å². The lowest BCUT2D eigenvalue weighted by Crippen LogP contribution is -2.33. The van der Waals surface area contributed by atoms with E-state index in [1.165, 1.54) is 111 Å². The van der Waals surface area contributed by atoms with Crippen molar-refractivity contribution in [3.8, 4) is 50.2 Å². The molecule has 0 N–H and O–H groups in total. The molecule has 0 saturated carbocycles. The zero-order valence-electron chi connectivity index (χ0n) is 41.6. The van der Waals surface area contributed by atoms with E-state index in [9.17, 15) is 0 Å². The van der Waals surface area contributed by atoms with Crippen molar-refractivity contribution in [1.29, 1.82) is 0 Å². The fraction of sp³-hybridized carbons (Fsp3) is 0.0270. The molecule has 1 atom stereocenters. The minimum absolute atomic E-state index is 0.538. The van der Waals surface area contributed by atoms with Crippen LogP contribution in [0.5, 0.6) is 0 Å². The molecule has 0 saturated heterocycles. The molecule has 12 aromatic carbocycles. The molecule has 2 heterocycles. The predicted molar refractivity (Wildman–Crippen MR) is 315 cm³/mol. The molecule has 1 spiro atoms. The van der Waals surface area contributed by atoms with Crippen molar-refractivity contribution >= 4 is 38.9 Å². The molecule has 2 aliphatic carbocycles. The van der Waals surface area contributed by atoms with Gasteiger partial charge < -0.3 is 9.47 Å². The summed E-state index contributed by atoms with van der Waals surface area (Å²) in [6.45, 7) is 0. The first-order valence-electron chi connectivity index (χ1n) is 26.5. The normalized spacial score (nSPS) is 15.0. The van der Waals surface area contributed by atoms with Crippen LogP contribution in [0.3, 0.4) is 0 Å². The van der Waals surface area contributed by atoms with Crippen LogP contribution in [0.1, 0.15) is 44.5 Å². The second-order valence-electron chi connectivity index (χ2n) is 20.7. The van der Waals surface area contributed by atoms with E-state index >= 15 is 0 Å². The Balaban J connectivity index is 0.906. The maximum atomic E-state index is 2.52. The third-order valence-electron chi connectivity index (χ3n) is 17.1. The zero-order valence-corrected chi connectivity index (χ0v) is 41.6. The van der Waals surface area contributed by atoms with E-state index in [0.717, 1.165) is 22.6 Å². The van der Waals surface area contributed by atoms with Crippen molar-refractivity contribution in [2.45, 2.75) is 10.8 Å². The summed E-state index contributed by atoms with van der Waals surface area (Å²) in [4.78, 5) is 2.46. The van der Waals surface area contributed by atoms with Crippen LogP contribution in [-0.2, 0) is 10.8 Å².